The molecule has 0 amide bonds. The number of rotatable bonds is 2. The molecule has 1 spiro atoms. The van der Waals surface area contributed by atoms with Crippen molar-refractivity contribution in [3.05, 3.63) is 0 Å². The fraction of sp³-hybridized carbons (Fsp3) is 1.00. The Labute approximate surface area is 109 Å². The van der Waals surface area contributed by atoms with Gasteiger partial charge in [0, 0.05) is 18.6 Å². The van der Waals surface area contributed by atoms with E-state index in [1.165, 1.54) is 44.9 Å². The van der Waals surface area contributed by atoms with E-state index >= 15 is 0 Å². The fourth-order valence-corrected chi connectivity index (χ4v) is 4.75. The molecule has 3 aliphatic heterocycles. The molecule has 3 nitrogen and oxygen atoms in total. The highest BCUT2D eigenvalue weighted by atomic mass is 16.5. The zero-order valence-electron chi connectivity index (χ0n) is 11.1. The third-order valence-corrected chi connectivity index (χ3v) is 5.99. The van der Waals surface area contributed by atoms with E-state index in [1.807, 2.05) is 0 Å². The Morgan fingerprint density at radius 2 is 2.06 bits per heavy atom. The SMILES string of the molecule is NC(C1CCOC2(CCC2)C1)C1CC2CCC1O2. The van der Waals surface area contributed by atoms with E-state index in [1.54, 1.807) is 0 Å². The molecule has 4 aliphatic rings. The maximum absolute atomic E-state index is 6.60. The standard InChI is InChI=1S/C15H25NO2/c16-14(12-8-11-2-3-13(12)18-11)10-4-7-17-15(9-10)5-1-6-15/h10-14H,1-9,16H2. The molecule has 0 aromatic heterocycles. The van der Waals surface area contributed by atoms with Gasteiger partial charge in [-0.1, -0.05) is 0 Å². The van der Waals surface area contributed by atoms with Gasteiger partial charge in [-0.3, -0.25) is 0 Å². The molecule has 4 fully saturated rings. The van der Waals surface area contributed by atoms with E-state index in [4.69, 9.17) is 15.2 Å². The molecule has 1 saturated carbocycles. The van der Waals surface area contributed by atoms with Gasteiger partial charge in [-0.05, 0) is 57.3 Å². The summed E-state index contributed by atoms with van der Waals surface area (Å²) in [5.74, 6) is 1.30. The Morgan fingerprint density at radius 1 is 1.17 bits per heavy atom. The van der Waals surface area contributed by atoms with Gasteiger partial charge in [0.2, 0.25) is 0 Å². The maximum atomic E-state index is 6.60. The van der Waals surface area contributed by atoms with Crippen molar-refractivity contribution in [1.29, 1.82) is 0 Å². The summed E-state index contributed by atoms with van der Waals surface area (Å²) in [6.45, 7) is 0.931. The zero-order valence-corrected chi connectivity index (χ0v) is 11.1. The van der Waals surface area contributed by atoms with Crippen LogP contribution in [0.15, 0.2) is 0 Å². The van der Waals surface area contributed by atoms with Crippen molar-refractivity contribution in [2.24, 2.45) is 17.6 Å². The first-order valence-corrected chi connectivity index (χ1v) is 7.81. The van der Waals surface area contributed by atoms with Crippen molar-refractivity contribution in [3.63, 3.8) is 0 Å². The Hall–Kier alpha value is -0.120. The molecule has 102 valence electrons. The molecule has 1 aliphatic carbocycles. The molecule has 0 aromatic rings. The highest BCUT2D eigenvalue weighted by Gasteiger charge is 2.49. The lowest BCUT2D eigenvalue weighted by Crippen LogP contribution is -2.52. The smallest absolute Gasteiger partial charge is 0.0685 e. The summed E-state index contributed by atoms with van der Waals surface area (Å²) in [5.41, 5.74) is 6.84. The zero-order chi connectivity index (χ0) is 12.2. The molecule has 2 N–H and O–H groups in total. The van der Waals surface area contributed by atoms with Crippen molar-refractivity contribution in [3.8, 4) is 0 Å². The van der Waals surface area contributed by atoms with Crippen LogP contribution in [0.3, 0.4) is 0 Å². The van der Waals surface area contributed by atoms with E-state index in [0.29, 0.717) is 30.1 Å². The molecule has 0 radical (unpaired) electrons. The molecule has 2 bridgehead atoms. The van der Waals surface area contributed by atoms with Crippen LogP contribution < -0.4 is 5.73 Å². The van der Waals surface area contributed by atoms with Gasteiger partial charge in [0.25, 0.3) is 0 Å². The fourth-order valence-electron chi connectivity index (χ4n) is 4.75. The average Bonchev–Trinajstić information content (AvgIpc) is 2.98. The van der Waals surface area contributed by atoms with E-state index in [9.17, 15) is 0 Å². The Morgan fingerprint density at radius 3 is 2.67 bits per heavy atom. The van der Waals surface area contributed by atoms with Gasteiger partial charge in [-0.15, -0.1) is 0 Å². The highest BCUT2D eigenvalue weighted by Crippen LogP contribution is 2.48. The summed E-state index contributed by atoms with van der Waals surface area (Å²) in [6.07, 6.45) is 11.0. The van der Waals surface area contributed by atoms with Crippen LogP contribution in [-0.4, -0.2) is 30.5 Å². The van der Waals surface area contributed by atoms with Crippen molar-refractivity contribution in [2.75, 3.05) is 6.61 Å². The van der Waals surface area contributed by atoms with E-state index in [0.717, 1.165) is 13.0 Å². The lowest BCUT2D eigenvalue weighted by atomic mass is 9.67. The predicted octanol–water partition coefficient (Wildman–Crippen LogP) is 2.23. The monoisotopic (exact) mass is 251 g/mol. The van der Waals surface area contributed by atoms with Gasteiger partial charge in [0.1, 0.15) is 0 Å². The van der Waals surface area contributed by atoms with E-state index in [2.05, 4.69) is 0 Å². The first-order valence-electron chi connectivity index (χ1n) is 7.81. The largest absolute Gasteiger partial charge is 0.375 e. The Bertz CT molecular complexity index is 328. The van der Waals surface area contributed by atoms with Gasteiger partial charge >= 0.3 is 0 Å². The molecule has 0 aromatic carbocycles. The molecule has 3 heterocycles. The molecule has 4 rings (SSSR count). The third-order valence-electron chi connectivity index (χ3n) is 5.99. The number of ether oxygens (including phenoxy) is 2. The summed E-state index contributed by atoms with van der Waals surface area (Å²) in [7, 11) is 0. The van der Waals surface area contributed by atoms with E-state index in [-0.39, 0.29) is 5.60 Å². The number of fused-ring (bicyclic) bond motifs is 2. The van der Waals surface area contributed by atoms with Gasteiger partial charge in [-0.2, -0.15) is 0 Å². The third kappa shape index (κ3) is 1.75. The lowest BCUT2D eigenvalue weighted by Gasteiger charge is -2.49. The van der Waals surface area contributed by atoms with Crippen molar-refractivity contribution in [2.45, 2.75) is 75.2 Å². The lowest BCUT2D eigenvalue weighted by molar-refractivity contribution is -0.148. The summed E-state index contributed by atoms with van der Waals surface area (Å²) in [4.78, 5) is 0. The second-order valence-corrected chi connectivity index (χ2v) is 6.99. The van der Waals surface area contributed by atoms with Gasteiger partial charge < -0.3 is 15.2 Å². The van der Waals surface area contributed by atoms with Crippen LogP contribution in [0.25, 0.3) is 0 Å². The molecule has 3 heteroatoms. The van der Waals surface area contributed by atoms with Crippen LogP contribution in [0.5, 0.6) is 0 Å². The van der Waals surface area contributed by atoms with Gasteiger partial charge in [0.05, 0.1) is 17.8 Å². The molecule has 5 unspecified atom stereocenters. The summed E-state index contributed by atoms with van der Waals surface area (Å²) < 4.78 is 12.0. The Balaban J connectivity index is 1.43. The molecule has 5 atom stereocenters. The second-order valence-electron chi connectivity index (χ2n) is 6.99. The number of hydrogen-bond acceptors (Lipinski definition) is 3. The maximum Gasteiger partial charge on any atom is 0.0685 e. The van der Waals surface area contributed by atoms with E-state index < -0.39 is 0 Å². The minimum absolute atomic E-state index is 0.235. The van der Waals surface area contributed by atoms with Crippen molar-refractivity contribution < 1.29 is 9.47 Å². The molecular weight excluding hydrogens is 226 g/mol. The first-order chi connectivity index (χ1) is 8.76. The summed E-state index contributed by atoms with van der Waals surface area (Å²) in [5, 5.41) is 0. The van der Waals surface area contributed by atoms with Crippen LogP contribution in [0.4, 0.5) is 0 Å². The topological polar surface area (TPSA) is 44.5 Å². The second kappa shape index (κ2) is 4.19. The van der Waals surface area contributed by atoms with Crippen LogP contribution in [0.2, 0.25) is 0 Å². The minimum atomic E-state index is 0.235. The first kappa shape index (κ1) is 11.7. The molecule has 3 saturated heterocycles. The number of hydrogen-bond donors (Lipinski definition) is 1. The molecular formula is C15H25NO2. The number of nitrogens with two attached hydrogens (primary N) is 1. The quantitative estimate of drug-likeness (QED) is 0.818. The normalized spacial score (nSPS) is 47.2. The predicted molar refractivity (Wildman–Crippen MR) is 69.2 cm³/mol. The van der Waals surface area contributed by atoms with Crippen LogP contribution in [0, 0.1) is 11.8 Å². The van der Waals surface area contributed by atoms with Crippen LogP contribution >= 0.6 is 0 Å². The van der Waals surface area contributed by atoms with Gasteiger partial charge in [0.15, 0.2) is 0 Å². The van der Waals surface area contributed by atoms with Crippen molar-refractivity contribution in [1.82, 2.24) is 0 Å². The van der Waals surface area contributed by atoms with Crippen LogP contribution in [-0.2, 0) is 9.47 Å². The van der Waals surface area contributed by atoms with Gasteiger partial charge in [-0.25, -0.2) is 0 Å². The summed E-state index contributed by atoms with van der Waals surface area (Å²) >= 11 is 0. The minimum Gasteiger partial charge on any atom is -0.375 e. The highest BCUT2D eigenvalue weighted by molar-refractivity contribution is 5.01. The van der Waals surface area contributed by atoms with Crippen LogP contribution in [0.1, 0.15) is 51.4 Å². The molecule has 18 heavy (non-hydrogen) atoms. The van der Waals surface area contributed by atoms with Crippen molar-refractivity contribution >= 4 is 0 Å². The average molecular weight is 251 g/mol. The summed E-state index contributed by atoms with van der Waals surface area (Å²) in [6, 6.07) is 0.349. The Kier molecular flexibility index (Phi) is 2.72.